The highest BCUT2D eigenvalue weighted by Crippen LogP contribution is 2.09. The predicted molar refractivity (Wildman–Crippen MR) is 39.8 cm³/mol. The molecule has 0 aliphatic carbocycles. The van der Waals surface area contributed by atoms with Crippen LogP contribution < -0.4 is 5.32 Å². The second kappa shape index (κ2) is 3.56. The van der Waals surface area contributed by atoms with Gasteiger partial charge in [0, 0.05) is 0 Å². The fraction of sp³-hybridized carbons (Fsp3) is 0.857. The molecular formula is C7H15NO2. The minimum Gasteiger partial charge on any atom is -0.468 e. The van der Waals surface area contributed by atoms with Gasteiger partial charge in [-0.2, -0.15) is 0 Å². The van der Waals surface area contributed by atoms with Crippen molar-refractivity contribution in [1.29, 1.82) is 0 Å². The standard InChI is InChI=1S/C7H15NO2/c1-5-7(2,8-3)6(9)10-4/h8H,5H2,1-4H3. The van der Waals surface area contributed by atoms with Crippen molar-refractivity contribution in [3.63, 3.8) is 0 Å². The number of likely N-dealkylation sites (N-methyl/N-ethyl adjacent to an activating group) is 1. The topological polar surface area (TPSA) is 38.3 Å². The van der Waals surface area contributed by atoms with Crippen molar-refractivity contribution in [3.8, 4) is 0 Å². The first-order valence-electron chi connectivity index (χ1n) is 3.38. The number of esters is 1. The Hall–Kier alpha value is -0.570. The third-order valence-corrected chi connectivity index (χ3v) is 1.89. The summed E-state index contributed by atoms with van der Waals surface area (Å²) in [6.45, 7) is 3.76. The molecule has 0 radical (unpaired) electrons. The largest absolute Gasteiger partial charge is 0.468 e. The maximum absolute atomic E-state index is 11.0. The number of rotatable bonds is 3. The lowest BCUT2D eigenvalue weighted by molar-refractivity contribution is -0.147. The van der Waals surface area contributed by atoms with E-state index in [2.05, 4.69) is 10.1 Å². The molecule has 1 atom stereocenters. The molecule has 60 valence electrons. The van der Waals surface area contributed by atoms with Gasteiger partial charge in [0.25, 0.3) is 0 Å². The van der Waals surface area contributed by atoms with E-state index < -0.39 is 5.54 Å². The highest BCUT2D eigenvalue weighted by Gasteiger charge is 2.29. The van der Waals surface area contributed by atoms with E-state index in [4.69, 9.17) is 0 Å². The van der Waals surface area contributed by atoms with Crippen LogP contribution in [0.3, 0.4) is 0 Å². The number of nitrogens with one attached hydrogen (secondary N) is 1. The number of hydrogen-bond donors (Lipinski definition) is 1. The molecule has 0 aromatic carbocycles. The van der Waals surface area contributed by atoms with Crippen molar-refractivity contribution in [3.05, 3.63) is 0 Å². The van der Waals surface area contributed by atoms with Crippen molar-refractivity contribution in [2.75, 3.05) is 14.2 Å². The molecule has 0 aromatic rings. The monoisotopic (exact) mass is 145 g/mol. The summed E-state index contributed by atoms with van der Waals surface area (Å²) >= 11 is 0. The summed E-state index contributed by atoms with van der Waals surface area (Å²) in [5.41, 5.74) is -0.519. The van der Waals surface area contributed by atoms with E-state index in [1.54, 1.807) is 7.05 Å². The molecule has 0 saturated carbocycles. The Bertz CT molecular complexity index is 119. The molecule has 3 heteroatoms. The summed E-state index contributed by atoms with van der Waals surface area (Å²) in [6, 6.07) is 0. The number of methoxy groups -OCH3 is 1. The maximum Gasteiger partial charge on any atom is 0.325 e. The van der Waals surface area contributed by atoms with Crippen LogP contribution in [0.2, 0.25) is 0 Å². The Morgan fingerprint density at radius 2 is 2.20 bits per heavy atom. The fourth-order valence-corrected chi connectivity index (χ4v) is 0.648. The van der Waals surface area contributed by atoms with E-state index in [1.807, 2.05) is 13.8 Å². The summed E-state index contributed by atoms with van der Waals surface area (Å²) in [4.78, 5) is 11.0. The van der Waals surface area contributed by atoms with Crippen molar-refractivity contribution in [2.45, 2.75) is 25.8 Å². The quantitative estimate of drug-likeness (QED) is 0.589. The van der Waals surface area contributed by atoms with Gasteiger partial charge in [0.15, 0.2) is 0 Å². The van der Waals surface area contributed by atoms with Crippen LogP contribution in [0.15, 0.2) is 0 Å². The number of hydrogen-bond acceptors (Lipinski definition) is 3. The molecule has 0 fully saturated rings. The van der Waals surface area contributed by atoms with Crippen molar-refractivity contribution in [1.82, 2.24) is 5.32 Å². The second-order valence-corrected chi connectivity index (χ2v) is 2.43. The van der Waals surface area contributed by atoms with Crippen LogP contribution >= 0.6 is 0 Å². The van der Waals surface area contributed by atoms with E-state index in [0.29, 0.717) is 0 Å². The highest BCUT2D eigenvalue weighted by atomic mass is 16.5. The Morgan fingerprint density at radius 3 is 2.30 bits per heavy atom. The molecule has 0 aromatic heterocycles. The molecule has 0 rings (SSSR count). The lowest BCUT2D eigenvalue weighted by Crippen LogP contribution is -2.47. The second-order valence-electron chi connectivity index (χ2n) is 2.43. The number of carbonyl (C=O) groups is 1. The average molecular weight is 145 g/mol. The molecule has 0 spiro atoms. The molecule has 0 saturated heterocycles. The molecule has 0 aliphatic rings. The van der Waals surface area contributed by atoms with Gasteiger partial charge in [0.1, 0.15) is 5.54 Å². The zero-order valence-corrected chi connectivity index (χ0v) is 7.02. The minimum atomic E-state index is -0.519. The smallest absolute Gasteiger partial charge is 0.325 e. The van der Waals surface area contributed by atoms with E-state index in [1.165, 1.54) is 7.11 Å². The zero-order valence-electron chi connectivity index (χ0n) is 7.02. The van der Waals surface area contributed by atoms with Gasteiger partial charge in [-0.1, -0.05) is 6.92 Å². The first kappa shape index (κ1) is 9.43. The molecule has 10 heavy (non-hydrogen) atoms. The molecule has 0 heterocycles. The molecule has 3 nitrogen and oxygen atoms in total. The van der Waals surface area contributed by atoms with Crippen LogP contribution in [0.1, 0.15) is 20.3 Å². The number of ether oxygens (including phenoxy) is 1. The van der Waals surface area contributed by atoms with Crippen LogP contribution in [0.25, 0.3) is 0 Å². The maximum atomic E-state index is 11.0. The van der Waals surface area contributed by atoms with Crippen LogP contribution in [0, 0.1) is 0 Å². The van der Waals surface area contributed by atoms with Gasteiger partial charge < -0.3 is 10.1 Å². The van der Waals surface area contributed by atoms with Crippen molar-refractivity contribution >= 4 is 5.97 Å². The molecule has 1 N–H and O–H groups in total. The Balaban J connectivity index is 4.17. The van der Waals surface area contributed by atoms with Gasteiger partial charge in [-0.05, 0) is 20.4 Å². The Kier molecular flexibility index (Phi) is 3.36. The first-order chi connectivity index (χ1) is 4.60. The van der Waals surface area contributed by atoms with Gasteiger partial charge in [0.2, 0.25) is 0 Å². The third kappa shape index (κ3) is 1.70. The predicted octanol–water partition coefficient (Wildman–Crippen LogP) is 0.547. The molecule has 0 aliphatic heterocycles. The van der Waals surface area contributed by atoms with E-state index in [0.717, 1.165) is 6.42 Å². The SMILES string of the molecule is CCC(C)(NC)C(=O)OC. The van der Waals surface area contributed by atoms with Gasteiger partial charge in [-0.3, -0.25) is 4.79 Å². The van der Waals surface area contributed by atoms with Crippen LogP contribution in [-0.4, -0.2) is 25.7 Å². The zero-order chi connectivity index (χ0) is 8.20. The van der Waals surface area contributed by atoms with Crippen molar-refractivity contribution < 1.29 is 9.53 Å². The molecule has 1 unspecified atom stereocenters. The molecule has 0 amide bonds. The summed E-state index contributed by atoms with van der Waals surface area (Å²) in [5, 5.41) is 2.90. The van der Waals surface area contributed by atoms with E-state index in [9.17, 15) is 4.79 Å². The highest BCUT2D eigenvalue weighted by molar-refractivity contribution is 5.80. The van der Waals surface area contributed by atoms with E-state index >= 15 is 0 Å². The van der Waals surface area contributed by atoms with Crippen LogP contribution in [0.5, 0.6) is 0 Å². The third-order valence-electron chi connectivity index (χ3n) is 1.89. The molecular weight excluding hydrogens is 130 g/mol. The Labute approximate surface area is 61.8 Å². The van der Waals surface area contributed by atoms with Crippen molar-refractivity contribution in [2.24, 2.45) is 0 Å². The summed E-state index contributed by atoms with van der Waals surface area (Å²) in [6.07, 6.45) is 0.732. The summed E-state index contributed by atoms with van der Waals surface area (Å²) in [5.74, 6) is -0.211. The molecule has 0 bridgehead atoms. The number of carbonyl (C=O) groups excluding carboxylic acids is 1. The average Bonchev–Trinajstić information content (AvgIpc) is 2.01. The lowest BCUT2D eigenvalue weighted by Gasteiger charge is -2.23. The van der Waals surface area contributed by atoms with Gasteiger partial charge in [0.05, 0.1) is 7.11 Å². The first-order valence-corrected chi connectivity index (χ1v) is 3.38. The van der Waals surface area contributed by atoms with Gasteiger partial charge in [-0.25, -0.2) is 0 Å². The minimum absolute atomic E-state index is 0.211. The summed E-state index contributed by atoms with van der Waals surface area (Å²) in [7, 11) is 3.15. The van der Waals surface area contributed by atoms with E-state index in [-0.39, 0.29) is 5.97 Å². The fourth-order valence-electron chi connectivity index (χ4n) is 0.648. The van der Waals surface area contributed by atoms with Gasteiger partial charge in [-0.15, -0.1) is 0 Å². The van der Waals surface area contributed by atoms with Crippen LogP contribution in [0.4, 0.5) is 0 Å². The van der Waals surface area contributed by atoms with Crippen LogP contribution in [-0.2, 0) is 9.53 Å². The summed E-state index contributed by atoms with van der Waals surface area (Å²) < 4.78 is 4.60. The van der Waals surface area contributed by atoms with Gasteiger partial charge >= 0.3 is 5.97 Å². The normalized spacial score (nSPS) is 16.0. The lowest BCUT2D eigenvalue weighted by atomic mass is 10.00. The Morgan fingerprint density at radius 1 is 1.70 bits per heavy atom.